The number of anilines is 1. The summed E-state index contributed by atoms with van der Waals surface area (Å²) in [5.41, 5.74) is 4.00. The third-order valence-electron chi connectivity index (χ3n) is 11.5. The van der Waals surface area contributed by atoms with Crippen molar-refractivity contribution in [3.8, 4) is 11.5 Å². The standard InChI is InChI=1S/C39H48ClN9O5S/c1-53-33-21-28-11-16-47(15-6-14-41-35(55-3)25-49(51)52)39(31(28)22-34(33)54-2)12-9-27(10-13-39)38(50)46-19-17-45(18-20-46)36-30-23-44-48(37(30)43-26-42-36)24-29-7-4-5-8-32(29)40/h4-5,7-8,21-23,25-27,41H,6,9-20,24H2,1-3H3/b35-25-/t27-,39-. The molecule has 0 radical (unpaired) electrons. The predicted molar refractivity (Wildman–Crippen MR) is 214 cm³/mol. The van der Waals surface area contributed by atoms with Gasteiger partial charge in [-0.15, -0.1) is 11.8 Å². The molecule has 14 nitrogen and oxygen atoms in total. The maximum atomic E-state index is 14.1. The van der Waals surface area contributed by atoms with Gasteiger partial charge in [-0.3, -0.25) is 19.8 Å². The molecular formula is C39H48ClN9O5S. The molecule has 4 aromatic rings. The minimum atomic E-state index is -0.423. The molecule has 55 heavy (non-hydrogen) atoms. The molecule has 3 aliphatic rings. The summed E-state index contributed by atoms with van der Waals surface area (Å²) in [5, 5.41) is 21.0. The normalized spacial score (nSPS) is 20.4. The van der Waals surface area contributed by atoms with Gasteiger partial charge in [-0.2, -0.15) is 5.10 Å². The van der Waals surface area contributed by atoms with Gasteiger partial charge in [-0.1, -0.05) is 29.8 Å². The zero-order valence-electron chi connectivity index (χ0n) is 31.6. The molecule has 1 N–H and O–H groups in total. The zero-order valence-corrected chi connectivity index (χ0v) is 33.2. The summed E-state index contributed by atoms with van der Waals surface area (Å²) < 4.78 is 13.3. The van der Waals surface area contributed by atoms with E-state index >= 15 is 0 Å². The summed E-state index contributed by atoms with van der Waals surface area (Å²) in [6.07, 6.45) is 11.3. The lowest BCUT2D eigenvalue weighted by molar-refractivity contribution is -0.403. The van der Waals surface area contributed by atoms with Crippen molar-refractivity contribution in [1.82, 2.24) is 34.9 Å². The van der Waals surface area contributed by atoms with Gasteiger partial charge >= 0.3 is 0 Å². The number of benzene rings is 2. The van der Waals surface area contributed by atoms with Gasteiger partial charge in [-0.05, 0) is 79.7 Å². The van der Waals surface area contributed by atoms with E-state index in [0.717, 1.165) is 86.0 Å². The number of nitro groups is 1. The highest BCUT2D eigenvalue weighted by molar-refractivity contribution is 8.02. The molecule has 2 fully saturated rings. The van der Waals surface area contributed by atoms with E-state index in [4.69, 9.17) is 21.1 Å². The van der Waals surface area contributed by atoms with E-state index in [2.05, 4.69) is 42.3 Å². The van der Waals surface area contributed by atoms with Crippen LogP contribution in [0, 0.1) is 16.0 Å². The molecule has 0 unspecified atom stereocenters. The van der Waals surface area contributed by atoms with Gasteiger partial charge in [0.05, 0.1) is 37.3 Å². The van der Waals surface area contributed by atoms with Gasteiger partial charge < -0.3 is 24.6 Å². The molecule has 1 spiro atoms. The number of carbonyl (C=O) groups excluding carboxylic acids is 1. The van der Waals surface area contributed by atoms with Gasteiger partial charge in [0.1, 0.15) is 17.2 Å². The third kappa shape index (κ3) is 8.05. The second-order valence-electron chi connectivity index (χ2n) is 14.3. The van der Waals surface area contributed by atoms with Crippen molar-refractivity contribution in [3.63, 3.8) is 0 Å². The Morgan fingerprint density at radius 3 is 2.55 bits per heavy atom. The summed E-state index contributed by atoms with van der Waals surface area (Å²) >= 11 is 7.77. The lowest BCUT2D eigenvalue weighted by Crippen LogP contribution is -2.55. The molecule has 0 atom stereocenters. The molecule has 1 saturated heterocycles. The number of thioether (sulfide) groups is 1. The Morgan fingerprint density at radius 1 is 1.09 bits per heavy atom. The first-order valence-electron chi connectivity index (χ1n) is 18.8. The predicted octanol–water partition coefficient (Wildman–Crippen LogP) is 5.56. The molecule has 2 aromatic heterocycles. The van der Waals surface area contributed by atoms with Crippen LogP contribution in [0.15, 0.2) is 60.2 Å². The highest BCUT2D eigenvalue weighted by Crippen LogP contribution is 2.50. The average Bonchev–Trinajstić information content (AvgIpc) is 3.62. The topological polar surface area (TPSA) is 144 Å². The van der Waals surface area contributed by atoms with Gasteiger partial charge in [0.2, 0.25) is 5.91 Å². The van der Waals surface area contributed by atoms with Crippen LogP contribution < -0.4 is 19.7 Å². The molecule has 7 rings (SSSR count). The van der Waals surface area contributed by atoms with Crippen LogP contribution >= 0.6 is 23.4 Å². The van der Waals surface area contributed by atoms with E-state index in [1.54, 1.807) is 20.5 Å². The molecule has 0 bridgehead atoms. The van der Waals surface area contributed by atoms with E-state index in [1.165, 1.54) is 22.9 Å². The van der Waals surface area contributed by atoms with Crippen LogP contribution in [-0.2, 0) is 23.3 Å². The molecule has 4 heterocycles. The number of aromatic nitrogens is 4. The van der Waals surface area contributed by atoms with Crippen LogP contribution in [0.3, 0.4) is 0 Å². The van der Waals surface area contributed by atoms with Crippen molar-refractivity contribution < 1.29 is 19.2 Å². The zero-order chi connectivity index (χ0) is 38.5. The van der Waals surface area contributed by atoms with E-state index in [1.807, 2.05) is 46.3 Å². The monoisotopic (exact) mass is 789 g/mol. The Kier molecular flexibility index (Phi) is 12.0. The molecule has 1 saturated carbocycles. The first-order valence-corrected chi connectivity index (χ1v) is 20.4. The summed E-state index contributed by atoms with van der Waals surface area (Å²) in [6.45, 7) is 5.46. The van der Waals surface area contributed by atoms with Crippen LogP contribution in [0.25, 0.3) is 11.0 Å². The quantitative estimate of drug-likeness (QED) is 0.103. The molecule has 1 aliphatic carbocycles. The minimum Gasteiger partial charge on any atom is -0.493 e. The Morgan fingerprint density at radius 2 is 1.84 bits per heavy atom. The van der Waals surface area contributed by atoms with Crippen LogP contribution in [0.1, 0.15) is 48.8 Å². The summed E-state index contributed by atoms with van der Waals surface area (Å²) in [5.74, 6) is 2.46. The number of fused-ring (bicyclic) bond motifs is 3. The lowest BCUT2D eigenvalue weighted by atomic mass is 9.68. The first kappa shape index (κ1) is 38.7. The molecule has 2 aromatic carbocycles. The molecular weight excluding hydrogens is 742 g/mol. The van der Waals surface area contributed by atoms with Gasteiger partial charge in [-0.25, -0.2) is 14.6 Å². The second-order valence-corrected chi connectivity index (χ2v) is 15.6. The van der Waals surface area contributed by atoms with Gasteiger partial charge in [0.15, 0.2) is 17.1 Å². The van der Waals surface area contributed by atoms with Gasteiger partial charge in [0, 0.05) is 62.3 Å². The van der Waals surface area contributed by atoms with Crippen molar-refractivity contribution in [3.05, 3.63) is 92.0 Å². The third-order valence-corrected chi connectivity index (χ3v) is 12.5. The number of nitrogens with one attached hydrogen (secondary N) is 1. The molecule has 292 valence electrons. The number of halogens is 1. The number of amides is 1. The van der Waals surface area contributed by atoms with E-state index in [-0.39, 0.29) is 17.4 Å². The van der Waals surface area contributed by atoms with E-state index < -0.39 is 4.92 Å². The Balaban J connectivity index is 1.01. The van der Waals surface area contributed by atoms with Crippen molar-refractivity contribution >= 4 is 46.1 Å². The Hall–Kier alpha value is -4.60. The maximum absolute atomic E-state index is 14.1. The highest BCUT2D eigenvalue weighted by Gasteiger charge is 2.47. The number of methoxy groups -OCH3 is 2. The fourth-order valence-corrected chi connectivity index (χ4v) is 9.27. The molecule has 16 heteroatoms. The summed E-state index contributed by atoms with van der Waals surface area (Å²) in [7, 11) is 3.34. The fraction of sp³-hybridized carbons (Fsp3) is 0.487. The second kappa shape index (κ2) is 17.0. The number of nitrogens with zero attached hydrogens (tertiary/aromatic N) is 8. The van der Waals surface area contributed by atoms with E-state index in [9.17, 15) is 14.9 Å². The summed E-state index contributed by atoms with van der Waals surface area (Å²) in [6, 6.07) is 12.0. The van der Waals surface area contributed by atoms with Crippen LogP contribution in [0.5, 0.6) is 11.5 Å². The van der Waals surface area contributed by atoms with E-state index in [0.29, 0.717) is 55.1 Å². The first-order chi connectivity index (χ1) is 26.7. The van der Waals surface area contributed by atoms with Crippen molar-refractivity contribution in [2.24, 2.45) is 5.92 Å². The van der Waals surface area contributed by atoms with Crippen molar-refractivity contribution in [2.75, 3.05) is 71.2 Å². The van der Waals surface area contributed by atoms with Crippen LogP contribution in [0.4, 0.5) is 5.82 Å². The molecule has 2 aliphatic heterocycles. The SMILES string of the molecule is COc1cc2c(cc1OC)[C@]1(CC[C@@H](C(=O)N3CCN(c4ncnc5c4cnn5Cc4ccccc4Cl)CC3)CC1)N(CCCN/C(=C/[N+](=O)[O-])SC)CC2. The average molecular weight is 790 g/mol. The number of ether oxygens (including phenoxy) is 2. The number of hydrogen-bond acceptors (Lipinski definition) is 12. The number of piperazine rings is 1. The van der Waals surface area contributed by atoms with Crippen molar-refractivity contribution in [1.29, 1.82) is 0 Å². The largest absolute Gasteiger partial charge is 0.493 e. The van der Waals surface area contributed by atoms with Crippen LogP contribution in [0.2, 0.25) is 5.02 Å². The minimum absolute atomic E-state index is 0.0450. The van der Waals surface area contributed by atoms with Gasteiger partial charge in [0.25, 0.3) is 6.20 Å². The Labute approximate surface area is 330 Å². The maximum Gasteiger partial charge on any atom is 0.263 e. The highest BCUT2D eigenvalue weighted by atomic mass is 35.5. The Bertz CT molecular complexity index is 2050. The lowest BCUT2D eigenvalue weighted by Gasteiger charge is -2.52. The number of rotatable bonds is 13. The number of hydrogen-bond donors (Lipinski definition) is 1. The molecule has 1 amide bonds. The van der Waals surface area contributed by atoms with Crippen molar-refractivity contribution in [2.45, 2.75) is 50.6 Å². The smallest absolute Gasteiger partial charge is 0.263 e. The van der Waals surface area contributed by atoms with Crippen LogP contribution in [-0.4, -0.2) is 107 Å². The summed E-state index contributed by atoms with van der Waals surface area (Å²) in [4.78, 5) is 40.8. The number of carbonyl (C=O) groups is 1. The fourth-order valence-electron chi connectivity index (χ4n) is 8.64.